The minimum absolute atomic E-state index is 0. The van der Waals surface area contributed by atoms with Crippen LogP contribution in [0.15, 0.2) is 0 Å². The van der Waals surface area contributed by atoms with Gasteiger partial charge in [-0.3, -0.25) is 0 Å². The molecule has 0 aromatic carbocycles. The fraction of sp³-hybridized carbons (Fsp3) is 0.714. The third kappa shape index (κ3) is 37.5. The van der Waals surface area contributed by atoms with Crippen molar-refractivity contribution in [3.63, 3.8) is 0 Å². The van der Waals surface area contributed by atoms with E-state index in [9.17, 15) is 19.8 Å². The first kappa shape index (κ1) is 24.7. The van der Waals surface area contributed by atoms with E-state index < -0.39 is 18.4 Å². The first-order valence-electron chi connectivity index (χ1n) is 3.79. The summed E-state index contributed by atoms with van der Waals surface area (Å²) in [5.41, 5.74) is 0. The molecule has 14 heavy (non-hydrogen) atoms. The van der Waals surface area contributed by atoms with Gasteiger partial charge in [-0.1, -0.05) is 0 Å². The molecule has 66 valence electrons. The van der Waals surface area contributed by atoms with Crippen molar-refractivity contribution in [3.05, 3.63) is 0 Å². The van der Waals surface area contributed by atoms with E-state index in [4.69, 9.17) is 0 Å². The molecule has 4 nitrogen and oxygen atoms in total. The molecule has 0 rings (SSSR count). The number of rotatable bonds is 3. The summed E-state index contributed by atoms with van der Waals surface area (Å²) in [7, 11) is 0. The van der Waals surface area contributed by atoms with Gasteiger partial charge in [0, 0.05) is 18.4 Å². The van der Waals surface area contributed by atoms with Crippen molar-refractivity contribution in [3.8, 4) is 0 Å². The fourth-order valence-electron chi connectivity index (χ4n) is 0.118. The van der Waals surface area contributed by atoms with Gasteiger partial charge in [0.05, 0.1) is 0 Å². The smallest absolute Gasteiger partial charge is 1.00 e. The molecule has 0 aliphatic heterocycles. The Morgan fingerprint density at radius 2 is 1.43 bits per heavy atom. The molecule has 0 radical (unpaired) electrons. The van der Waals surface area contributed by atoms with Crippen molar-refractivity contribution in [2.24, 2.45) is 0 Å². The van der Waals surface area contributed by atoms with Crippen molar-refractivity contribution in [2.75, 3.05) is 0 Å². The normalized spacial score (nSPS) is 9.43. The average molecular weight is 212 g/mol. The summed E-state index contributed by atoms with van der Waals surface area (Å²) in [6, 6.07) is 0. The molecular formula is C7H11LiNa2O4. The molecule has 0 aromatic rings. The number of carbonyl (C=O) groups is 2. The van der Waals surface area contributed by atoms with E-state index in [-0.39, 0.29) is 59.1 Å². The number of carboxylic acids is 2. The zero-order valence-corrected chi connectivity index (χ0v) is 13.6. The van der Waals surface area contributed by atoms with Gasteiger partial charge in [0.15, 0.2) is 0 Å². The molecule has 0 N–H and O–H groups in total. The van der Waals surface area contributed by atoms with Crippen LogP contribution in [0.4, 0.5) is 0 Å². The van der Waals surface area contributed by atoms with Crippen molar-refractivity contribution >= 4 is 29.7 Å². The van der Waals surface area contributed by atoms with Gasteiger partial charge in [-0.2, -0.15) is 0 Å². The minimum Gasteiger partial charge on any atom is 1.00 e. The van der Waals surface area contributed by atoms with E-state index >= 15 is 0 Å². The van der Waals surface area contributed by atoms with Crippen LogP contribution < -0.4 is 69.3 Å². The maximum absolute atomic E-state index is 9.28. The van der Waals surface area contributed by atoms with Gasteiger partial charge in [-0.25, -0.2) is 0 Å². The van der Waals surface area contributed by atoms with Crippen molar-refractivity contribution < 1.29 is 78.9 Å². The van der Waals surface area contributed by atoms with E-state index in [1.54, 1.807) is 0 Å². The monoisotopic (exact) mass is 212 g/mol. The van der Waals surface area contributed by atoms with E-state index in [1.165, 1.54) is 6.42 Å². The van der Waals surface area contributed by atoms with Gasteiger partial charge in [0.2, 0.25) is 0 Å². The summed E-state index contributed by atoms with van der Waals surface area (Å²) in [5, 5.41) is 18.6. The predicted molar refractivity (Wildman–Crippen MR) is 40.1 cm³/mol. The van der Waals surface area contributed by atoms with Crippen LogP contribution in [0.3, 0.4) is 0 Å². The molecule has 7 heteroatoms. The Morgan fingerprint density at radius 3 is 1.43 bits per heavy atom. The summed E-state index contributed by atoms with van der Waals surface area (Å²) in [4.78, 5) is 18.6. The van der Waals surface area contributed by atoms with Gasteiger partial charge in [0.25, 0.3) is 0 Å². The molecule has 1 atom stereocenters. The Morgan fingerprint density at radius 1 is 1.21 bits per heavy atom. The minimum atomic E-state index is -1.63. The first-order valence-corrected chi connectivity index (χ1v) is 3.79. The molecule has 0 spiro atoms. The van der Waals surface area contributed by atoms with Crippen LogP contribution in [0.2, 0.25) is 4.59 Å². The largest absolute Gasteiger partial charge is 1.00 e. The van der Waals surface area contributed by atoms with Gasteiger partial charge in [-0.15, -0.1) is 0 Å². The maximum Gasteiger partial charge on any atom is 1.00 e. The zero-order chi connectivity index (χ0) is 10.1. The van der Waals surface area contributed by atoms with E-state index in [1.807, 2.05) is 0 Å². The number of hydrogen-bond donors (Lipinski definition) is 0. The maximum atomic E-state index is 9.28. The van der Waals surface area contributed by atoms with Gasteiger partial charge in [0.1, 0.15) is 0 Å². The number of carbonyl (C=O) groups excluding carboxylic acids is 2. The molecule has 0 heterocycles. The molecular weight excluding hydrogens is 201 g/mol. The SMILES string of the molecule is O=C([O-])CC(=O)[O-].[Li][CH](C)CC.[Na+].[Na+]. The third-order valence-electron chi connectivity index (χ3n) is 1.11. The van der Waals surface area contributed by atoms with Crippen LogP contribution in [-0.4, -0.2) is 29.7 Å². The quantitative estimate of drug-likeness (QED) is 0.344. The number of aliphatic carboxylic acids is 2. The molecule has 0 fully saturated rings. The van der Waals surface area contributed by atoms with E-state index in [0.717, 1.165) is 4.59 Å². The van der Waals surface area contributed by atoms with Gasteiger partial charge >= 0.3 is 102 Å². The molecule has 0 amide bonds. The standard InChI is InChI=1S/C4H9.C3H4O4.Li.2Na/c1-3-4-2;4-2(5)1-3(6)7;;;/h3H,4H2,1-2H3;1H2,(H,4,5)(H,6,7);;;/q;;;2*+1/p-2. The van der Waals surface area contributed by atoms with Crippen LogP contribution in [0.1, 0.15) is 26.7 Å². The molecule has 0 saturated heterocycles. The van der Waals surface area contributed by atoms with E-state index in [2.05, 4.69) is 31.6 Å². The van der Waals surface area contributed by atoms with Gasteiger partial charge < -0.3 is 19.8 Å². The summed E-state index contributed by atoms with van der Waals surface area (Å²) >= 11 is 2.22. The van der Waals surface area contributed by atoms with Crippen LogP contribution in [-0.2, 0) is 9.59 Å². The van der Waals surface area contributed by atoms with Crippen LogP contribution in [0.25, 0.3) is 0 Å². The molecule has 0 saturated carbocycles. The Balaban J connectivity index is -0.0000000651. The Labute approximate surface area is 138 Å². The van der Waals surface area contributed by atoms with Crippen molar-refractivity contribution in [1.82, 2.24) is 0 Å². The molecule has 0 aromatic heterocycles. The second-order valence-electron chi connectivity index (χ2n) is 2.72. The molecule has 0 aliphatic rings. The average Bonchev–Trinajstić information content (AvgIpc) is 1.85. The first-order chi connectivity index (χ1) is 5.40. The number of hydrogen-bond acceptors (Lipinski definition) is 4. The van der Waals surface area contributed by atoms with Gasteiger partial charge in [-0.05, 0) is 0 Å². The summed E-state index contributed by atoms with van der Waals surface area (Å²) in [5.74, 6) is -3.25. The second-order valence-corrected chi connectivity index (χ2v) is 2.72. The van der Waals surface area contributed by atoms with Crippen LogP contribution in [0.5, 0.6) is 0 Å². The molecule has 1 unspecified atom stereocenters. The summed E-state index contributed by atoms with van der Waals surface area (Å²) < 4.78 is 0.884. The van der Waals surface area contributed by atoms with Crippen molar-refractivity contribution in [2.45, 2.75) is 31.3 Å². The Kier molecular flexibility index (Phi) is 29.9. The summed E-state index contributed by atoms with van der Waals surface area (Å²) in [6.07, 6.45) is 0.278. The van der Waals surface area contributed by atoms with Crippen molar-refractivity contribution in [1.29, 1.82) is 0 Å². The zero-order valence-electron chi connectivity index (χ0n) is 9.62. The number of carboxylic acid groups (broad SMARTS) is 2. The third-order valence-corrected chi connectivity index (χ3v) is 1.11. The Bertz CT molecular complexity index is 141. The molecule has 0 bridgehead atoms. The fourth-order valence-corrected chi connectivity index (χ4v) is 0.118. The Hall–Kier alpha value is 1.54. The van der Waals surface area contributed by atoms with E-state index in [0.29, 0.717) is 0 Å². The van der Waals surface area contributed by atoms with Crippen LogP contribution in [0, 0.1) is 0 Å². The molecule has 0 aliphatic carbocycles. The topological polar surface area (TPSA) is 80.3 Å². The second kappa shape index (κ2) is 16.9. The predicted octanol–water partition coefficient (Wildman–Crippen LogP) is -7.74. The summed E-state index contributed by atoms with van der Waals surface area (Å²) in [6.45, 7) is 4.42. The van der Waals surface area contributed by atoms with Crippen LogP contribution >= 0.6 is 0 Å².